The van der Waals surface area contributed by atoms with Gasteiger partial charge in [-0.2, -0.15) is 0 Å². The molecule has 2 nitrogen and oxygen atoms in total. The maximum absolute atomic E-state index is 4.29. The van der Waals surface area contributed by atoms with Crippen LogP contribution >= 0.6 is 0 Å². The minimum absolute atomic E-state index is 0. The summed E-state index contributed by atoms with van der Waals surface area (Å²) in [4.78, 5) is 8.59. The molecule has 2 rings (SSSR count). The number of rotatable bonds is 0. The van der Waals surface area contributed by atoms with Crippen LogP contribution in [0.15, 0.2) is 9.98 Å². The SMILES string of the molecule is C.CC.CC.CC1C(C)C12N=CC=N2.[2HH]. The van der Waals surface area contributed by atoms with Crippen LogP contribution in [0.1, 0.15) is 50.4 Å². The molecular weight excluding hydrogens is 172 g/mol. The number of hydrogen-bond donors (Lipinski definition) is 0. The van der Waals surface area contributed by atoms with E-state index in [4.69, 9.17) is 0 Å². The summed E-state index contributed by atoms with van der Waals surface area (Å²) >= 11 is 0. The molecule has 1 fully saturated rings. The zero-order valence-electron chi connectivity index (χ0n) is 9.70. The Labute approximate surface area is 91.0 Å². The average molecular weight is 201 g/mol. The van der Waals surface area contributed by atoms with Crippen LogP contribution in [-0.2, 0) is 0 Å². The molecular formula is C12H28N2. The molecule has 2 unspecified atom stereocenters. The molecule has 2 aliphatic rings. The van der Waals surface area contributed by atoms with Crippen molar-refractivity contribution in [1.29, 1.82) is 0 Å². The summed E-state index contributed by atoms with van der Waals surface area (Å²) in [6.45, 7) is 12.4. The molecule has 0 aromatic heterocycles. The molecule has 2 heteroatoms. The van der Waals surface area contributed by atoms with Crippen molar-refractivity contribution in [1.82, 2.24) is 0 Å². The molecule has 1 heterocycles. The number of nitrogens with zero attached hydrogens (tertiary/aromatic N) is 2. The second-order valence-electron chi connectivity index (χ2n) is 2.92. The first-order valence-electron chi connectivity index (χ1n) is 5.36. The van der Waals surface area contributed by atoms with Gasteiger partial charge < -0.3 is 0 Å². The summed E-state index contributed by atoms with van der Waals surface area (Å²) in [5, 5.41) is 0. The summed E-state index contributed by atoms with van der Waals surface area (Å²) in [5.41, 5.74) is 0. The van der Waals surface area contributed by atoms with Crippen LogP contribution in [0.4, 0.5) is 0 Å². The second-order valence-corrected chi connectivity index (χ2v) is 2.92. The average Bonchev–Trinajstić information content (AvgIpc) is 2.69. The largest absolute Gasteiger partial charge is 0.261 e. The zero-order valence-corrected chi connectivity index (χ0v) is 9.70. The van der Waals surface area contributed by atoms with Gasteiger partial charge in [0.25, 0.3) is 0 Å². The van der Waals surface area contributed by atoms with E-state index in [2.05, 4.69) is 23.8 Å². The van der Waals surface area contributed by atoms with Gasteiger partial charge in [0.15, 0.2) is 5.66 Å². The molecule has 1 saturated carbocycles. The fraction of sp³-hybridized carbons (Fsp3) is 0.833. The zero-order chi connectivity index (χ0) is 10.5. The normalized spacial score (nSPS) is 28.1. The Morgan fingerprint density at radius 3 is 1.36 bits per heavy atom. The second kappa shape index (κ2) is 6.74. The lowest BCUT2D eigenvalue weighted by molar-refractivity contribution is 0.652. The van der Waals surface area contributed by atoms with E-state index in [1.807, 2.05) is 27.7 Å². The van der Waals surface area contributed by atoms with Gasteiger partial charge in [-0.15, -0.1) is 0 Å². The molecule has 1 spiro atoms. The van der Waals surface area contributed by atoms with E-state index in [1.165, 1.54) is 0 Å². The number of aliphatic imine (C=N–C) groups is 2. The van der Waals surface area contributed by atoms with Gasteiger partial charge in [0, 0.05) is 25.7 Å². The highest BCUT2D eigenvalue weighted by Gasteiger charge is 2.60. The minimum Gasteiger partial charge on any atom is -0.261 e. The van der Waals surface area contributed by atoms with Crippen molar-refractivity contribution in [2.45, 2.75) is 54.6 Å². The maximum Gasteiger partial charge on any atom is 0.156 e. The van der Waals surface area contributed by atoms with Crippen LogP contribution < -0.4 is 0 Å². The van der Waals surface area contributed by atoms with E-state index in [1.54, 1.807) is 12.4 Å². The molecule has 0 N–H and O–H groups in total. The van der Waals surface area contributed by atoms with E-state index < -0.39 is 0 Å². The van der Waals surface area contributed by atoms with Crippen LogP contribution in [0.25, 0.3) is 0 Å². The first kappa shape index (κ1) is 15.8. The van der Waals surface area contributed by atoms with Crippen molar-refractivity contribution in [3.8, 4) is 0 Å². The molecule has 86 valence electrons. The molecule has 0 bridgehead atoms. The van der Waals surface area contributed by atoms with Crippen LogP contribution in [-0.4, -0.2) is 18.1 Å². The van der Waals surface area contributed by atoms with Gasteiger partial charge in [0.05, 0.1) is 0 Å². The molecule has 14 heavy (non-hydrogen) atoms. The summed E-state index contributed by atoms with van der Waals surface area (Å²) in [6, 6.07) is 0. The van der Waals surface area contributed by atoms with Crippen molar-refractivity contribution in [3.63, 3.8) is 0 Å². The van der Waals surface area contributed by atoms with E-state index in [0.717, 1.165) is 0 Å². The highest BCUT2D eigenvalue weighted by atomic mass is 15.2. The van der Waals surface area contributed by atoms with Gasteiger partial charge in [0.2, 0.25) is 0 Å². The smallest absolute Gasteiger partial charge is 0.156 e. The fourth-order valence-electron chi connectivity index (χ4n) is 1.54. The van der Waals surface area contributed by atoms with Crippen molar-refractivity contribution in [2.75, 3.05) is 0 Å². The quantitative estimate of drug-likeness (QED) is 0.564. The Balaban J connectivity index is -0.000000218. The van der Waals surface area contributed by atoms with Gasteiger partial charge in [0.1, 0.15) is 0 Å². The summed E-state index contributed by atoms with van der Waals surface area (Å²) in [7, 11) is 0. The third kappa shape index (κ3) is 2.43. The molecule has 1 aliphatic heterocycles. The molecule has 1 aliphatic carbocycles. The first-order chi connectivity index (χ1) is 6.27. The van der Waals surface area contributed by atoms with E-state index in [0.29, 0.717) is 11.8 Å². The van der Waals surface area contributed by atoms with E-state index in [9.17, 15) is 0 Å². The molecule has 0 radical (unpaired) electrons. The standard InChI is InChI=1S/C7H10N2.2C2H6.CH4.H2/c1-5-6(2)7(5)8-3-4-9-7;2*1-2;;/h3-6H,1-2H3;2*1-2H3;1H4;1H/i;;;;1+1. The van der Waals surface area contributed by atoms with Crippen molar-refractivity contribution in [3.05, 3.63) is 0 Å². The maximum atomic E-state index is 4.29. The van der Waals surface area contributed by atoms with E-state index >= 15 is 0 Å². The Kier molecular flexibility index (Phi) is 7.61. The van der Waals surface area contributed by atoms with Gasteiger partial charge in [-0.25, -0.2) is 0 Å². The Morgan fingerprint density at radius 2 is 1.21 bits per heavy atom. The lowest BCUT2D eigenvalue weighted by Crippen LogP contribution is -2.00. The number of hydrogen-bond acceptors (Lipinski definition) is 2. The first-order valence-corrected chi connectivity index (χ1v) is 5.36. The molecule has 0 aromatic carbocycles. The summed E-state index contributed by atoms with van der Waals surface area (Å²) in [5.74, 6) is 1.32. The molecule has 0 aromatic rings. The Morgan fingerprint density at radius 1 is 0.929 bits per heavy atom. The van der Waals surface area contributed by atoms with Gasteiger partial charge in [-0.3, -0.25) is 9.98 Å². The van der Waals surface area contributed by atoms with Gasteiger partial charge in [-0.1, -0.05) is 49.0 Å². The van der Waals surface area contributed by atoms with Crippen LogP contribution in [0, 0.1) is 11.8 Å². The van der Waals surface area contributed by atoms with Crippen LogP contribution in [0.2, 0.25) is 0 Å². The predicted molar refractivity (Wildman–Crippen MR) is 69.6 cm³/mol. The summed E-state index contributed by atoms with van der Waals surface area (Å²) in [6.07, 6.45) is 3.61. The Bertz CT molecular complexity index is 178. The van der Waals surface area contributed by atoms with E-state index in [-0.39, 0.29) is 14.5 Å². The van der Waals surface area contributed by atoms with Crippen molar-refractivity contribution < 1.29 is 1.43 Å². The van der Waals surface area contributed by atoms with Gasteiger partial charge in [-0.05, 0) is 0 Å². The third-order valence-electron chi connectivity index (χ3n) is 2.61. The van der Waals surface area contributed by atoms with Crippen LogP contribution in [0.5, 0.6) is 0 Å². The van der Waals surface area contributed by atoms with Crippen LogP contribution in [0.3, 0.4) is 0 Å². The summed E-state index contributed by atoms with van der Waals surface area (Å²) < 4.78 is 0. The minimum atomic E-state index is 0. The molecule has 0 saturated heterocycles. The van der Waals surface area contributed by atoms with Crippen molar-refractivity contribution in [2.24, 2.45) is 21.8 Å². The highest BCUT2D eigenvalue weighted by Crippen LogP contribution is 2.54. The monoisotopic (exact) mass is 201 g/mol. The van der Waals surface area contributed by atoms with Gasteiger partial charge >= 0.3 is 0 Å². The topological polar surface area (TPSA) is 24.7 Å². The molecule has 2 atom stereocenters. The Hall–Kier alpha value is -0.660. The lowest BCUT2D eigenvalue weighted by Gasteiger charge is -1.96. The predicted octanol–water partition coefficient (Wildman–Crippen LogP) is 4.06. The molecule has 0 amide bonds. The third-order valence-corrected chi connectivity index (χ3v) is 2.61. The fourth-order valence-corrected chi connectivity index (χ4v) is 1.54. The lowest BCUT2D eigenvalue weighted by atomic mass is 10.4. The highest BCUT2D eigenvalue weighted by molar-refractivity contribution is 6.18. The van der Waals surface area contributed by atoms with Crippen molar-refractivity contribution >= 4 is 12.4 Å².